The maximum Gasteiger partial charge on any atom is 0.167 e. The summed E-state index contributed by atoms with van der Waals surface area (Å²) in [6.45, 7) is 2.28. The lowest BCUT2D eigenvalue weighted by Crippen LogP contribution is -2.23. The second-order valence-electron chi connectivity index (χ2n) is 4.64. The molecular formula is C16H17F2NO. The van der Waals surface area contributed by atoms with E-state index in [-0.39, 0.29) is 18.4 Å². The second kappa shape index (κ2) is 6.48. The highest BCUT2D eigenvalue weighted by Crippen LogP contribution is 2.20. The lowest BCUT2D eigenvalue weighted by Gasteiger charge is -2.18. The van der Waals surface area contributed by atoms with E-state index < -0.39 is 11.6 Å². The minimum absolute atomic E-state index is 0.0544. The van der Waals surface area contributed by atoms with Crippen LogP contribution in [0.25, 0.3) is 0 Å². The summed E-state index contributed by atoms with van der Waals surface area (Å²) in [6.07, 6.45) is 0. The molecule has 4 heteroatoms. The maximum absolute atomic E-state index is 13.5. The monoisotopic (exact) mass is 277 g/mol. The lowest BCUT2D eigenvalue weighted by molar-refractivity contribution is 0.261. The maximum atomic E-state index is 13.5. The van der Waals surface area contributed by atoms with Gasteiger partial charge in [-0.3, -0.25) is 0 Å². The molecular weight excluding hydrogens is 260 g/mol. The molecule has 0 aliphatic rings. The second-order valence-corrected chi connectivity index (χ2v) is 4.64. The molecule has 0 amide bonds. The van der Waals surface area contributed by atoms with Crippen molar-refractivity contribution in [2.75, 3.05) is 13.7 Å². The van der Waals surface area contributed by atoms with Gasteiger partial charge in [0.2, 0.25) is 0 Å². The van der Waals surface area contributed by atoms with Gasteiger partial charge in [0.25, 0.3) is 0 Å². The highest BCUT2D eigenvalue weighted by Gasteiger charge is 2.12. The van der Waals surface area contributed by atoms with Crippen LogP contribution in [0.3, 0.4) is 0 Å². The minimum atomic E-state index is -0.691. The first-order chi connectivity index (χ1) is 9.60. The summed E-state index contributed by atoms with van der Waals surface area (Å²) in [5, 5.41) is 3.12. The molecule has 0 radical (unpaired) electrons. The third-order valence-corrected chi connectivity index (χ3v) is 3.13. The van der Waals surface area contributed by atoms with E-state index in [0.29, 0.717) is 0 Å². The number of benzene rings is 2. The van der Waals surface area contributed by atoms with Gasteiger partial charge in [0.1, 0.15) is 12.4 Å². The number of ether oxygens (including phenoxy) is 1. The zero-order valence-electron chi connectivity index (χ0n) is 11.5. The molecule has 1 N–H and O–H groups in total. The molecule has 0 aromatic heterocycles. The summed E-state index contributed by atoms with van der Waals surface area (Å²) < 4.78 is 31.7. The smallest absolute Gasteiger partial charge is 0.167 e. The Kier molecular flexibility index (Phi) is 4.69. The molecule has 20 heavy (non-hydrogen) atoms. The highest BCUT2D eigenvalue weighted by atomic mass is 19.1. The van der Waals surface area contributed by atoms with Gasteiger partial charge in [0.15, 0.2) is 11.6 Å². The van der Waals surface area contributed by atoms with Gasteiger partial charge in [-0.2, -0.15) is 0 Å². The Labute approximate surface area is 117 Å². The molecule has 0 saturated carbocycles. The summed E-state index contributed by atoms with van der Waals surface area (Å²) in [6, 6.07) is 11.3. The third kappa shape index (κ3) is 3.54. The quantitative estimate of drug-likeness (QED) is 0.901. The molecule has 2 aromatic carbocycles. The SMILES string of the molecule is CNC(COc1ccc(F)cc1F)c1ccc(C)cc1. The predicted molar refractivity (Wildman–Crippen MR) is 74.8 cm³/mol. The molecule has 0 aliphatic heterocycles. The summed E-state index contributed by atoms with van der Waals surface area (Å²) >= 11 is 0. The van der Waals surface area contributed by atoms with Gasteiger partial charge >= 0.3 is 0 Å². The standard InChI is InChI=1S/C16H17F2NO/c1-11-3-5-12(6-4-11)15(19-2)10-20-16-8-7-13(17)9-14(16)18/h3-9,15,19H,10H2,1-2H3. The van der Waals surface area contributed by atoms with Crippen LogP contribution in [0.2, 0.25) is 0 Å². The van der Waals surface area contributed by atoms with E-state index in [9.17, 15) is 8.78 Å². The zero-order chi connectivity index (χ0) is 14.5. The van der Waals surface area contributed by atoms with Crippen LogP contribution < -0.4 is 10.1 Å². The number of aryl methyl sites for hydroxylation is 1. The Morgan fingerprint density at radius 2 is 1.80 bits per heavy atom. The fourth-order valence-electron chi connectivity index (χ4n) is 1.91. The Balaban J connectivity index is 2.05. The van der Waals surface area contributed by atoms with Crippen LogP contribution in [0.1, 0.15) is 17.2 Å². The molecule has 1 unspecified atom stereocenters. The van der Waals surface area contributed by atoms with Crippen molar-refractivity contribution in [1.29, 1.82) is 0 Å². The number of hydrogen-bond donors (Lipinski definition) is 1. The first kappa shape index (κ1) is 14.5. The molecule has 0 fully saturated rings. The van der Waals surface area contributed by atoms with E-state index in [0.717, 1.165) is 11.6 Å². The average Bonchev–Trinajstić information content (AvgIpc) is 2.43. The minimum Gasteiger partial charge on any atom is -0.489 e. The topological polar surface area (TPSA) is 21.3 Å². The van der Waals surface area contributed by atoms with Crippen LogP contribution in [-0.4, -0.2) is 13.7 Å². The van der Waals surface area contributed by atoms with Crippen molar-refractivity contribution in [3.63, 3.8) is 0 Å². The van der Waals surface area contributed by atoms with Crippen molar-refractivity contribution >= 4 is 0 Å². The van der Waals surface area contributed by atoms with E-state index >= 15 is 0 Å². The highest BCUT2D eigenvalue weighted by molar-refractivity contribution is 5.26. The van der Waals surface area contributed by atoms with E-state index in [1.54, 1.807) is 0 Å². The van der Waals surface area contributed by atoms with Gasteiger partial charge in [0, 0.05) is 6.07 Å². The molecule has 1 atom stereocenters. The van der Waals surface area contributed by atoms with Gasteiger partial charge in [0.05, 0.1) is 6.04 Å². The van der Waals surface area contributed by atoms with Crippen LogP contribution in [0, 0.1) is 18.6 Å². The van der Waals surface area contributed by atoms with Crippen LogP contribution in [0.15, 0.2) is 42.5 Å². The number of likely N-dealkylation sites (N-methyl/N-ethyl adjacent to an activating group) is 1. The molecule has 0 aliphatic carbocycles. The molecule has 2 rings (SSSR count). The van der Waals surface area contributed by atoms with Crippen molar-refractivity contribution in [1.82, 2.24) is 5.32 Å². The van der Waals surface area contributed by atoms with E-state index in [1.165, 1.54) is 17.7 Å². The van der Waals surface area contributed by atoms with Crippen molar-refractivity contribution in [3.05, 3.63) is 65.2 Å². The number of hydrogen-bond acceptors (Lipinski definition) is 2. The van der Waals surface area contributed by atoms with Crippen molar-refractivity contribution in [2.24, 2.45) is 0 Å². The first-order valence-corrected chi connectivity index (χ1v) is 6.42. The van der Waals surface area contributed by atoms with E-state index in [1.807, 2.05) is 38.2 Å². The van der Waals surface area contributed by atoms with Crippen molar-refractivity contribution in [3.8, 4) is 5.75 Å². The van der Waals surface area contributed by atoms with Crippen LogP contribution in [0.5, 0.6) is 5.75 Å². The fourth-order valence-corrected chi connectivity index (χ4v) is 1.91. The predicted octanol–water partition coefficient (Wildman–Crippen LogP) is 3.61. The average molecular weight is 277 g/mol. The summed E-state index contributed by atoms with van der Waals surface area (Å²) in [7, 11) is 1.81. The summed E-state index contributed by atoms with van der Waals surface area (Å²) in [5.74, 6) is -1.25. The first-order valence-electron chi connectivity index (χ1n) is 6.42. The molecule has 2 nitrogen and oxygen atoms in total. The summed E-state index contributed by atoms with van der Waals surface area (Å²) in [4.78, 5) is 0. The Morgan fingerprint density at radius 1 is 1.10 bits per heavy atom. The largest absolute Gasteiger partial charge is 0.489 e. The Hall–Kier alpha value is -1.94. The van der Waals surface area contributed by atoms with E-state index in [4.69, 9.17) is 4.74 Å². The number of nitrogens with one attached hydrogen (secondary N) is 1. The Morgan fingerprint density at radius 3 is 2.40 bits per heavy atom. The normalized spacial score (nSPS) is 12.2. The van der Waals surface area contributed by atoms with Gasteiger partial charge in [-0.05, 0) is 31.7 Å². The third-order valence-electron chi connectivity index (χ3n) is 3.13. The van der Waals surface area contributed by atoms with Crippen LogP contribution in [-0.2, 0) is 0 Å². The molecule has 106 valence electrons. The number of halogens is 2. The summed E-state index contributed by atoms with van der Waals surface area (Å²) in [5.41, 5.74) is 2.23. The lowest BCUT2D eigenvalue weighted by atomic mass is 10.1. The molecule has 0 heterocycles. The molecule has 0 bridgehead atoms. The zero-order valence-corrected chi connectivity index (χ0v) is 11.5. The van der Waals surface area contributed by atoms with Gasteiger partial charge in [-0.25, -0.2) is 8.78 Å². The van der Waals surface area contributed by atoms with E-state index in [2.05, 4.69) is 5.32 Å². The molecule has 0 saturated heterocycles. The van der Waals surface area contributed by atoms with Crippen LogP contribution >= 0.6 is 0 Å². The van der Waals surface area contributed by atoms with Crippen molar-refractivity contribution < 1.29 is 13.5 Å². The molecule has 0 spiro atoms. The van der Waals surface area contributed by atoms with Gasteiger partial charge in [-0.15, -0.1) is 0 Å². The van der Waals surface area contributed by atoms with Gasteiger partial charge < -0.3 is 10.1 Å². The van der Waals surface area contributed by atoms with Gasteiger partial charge in [-0.1, -0.05) is 29.8 Å². The number of rotatable bonds is 5. The van der Waals surface area contributed by atoms with Crippen LogP contribution in [0.4, 0.5) is 8.78 Å². The van der Waals surface area contributed by atoms with Crippen molar-refractivity contribution in [2.45, 2.75) is 13.0 Å². The fraction of sp³-hybridized carbons (Fsp3) is 0.250. The molecule has 2 aromatic rings. The Bertz CT molecular complexity index is 569.